The molecule has 118 valence electrons. The SMILES string of the molecule is C=CC[NH+](CC=C)C[C@H](O)Cn1c(C)c(C)c2ccccc21. The van der Waals surface area contributed by atoms with Gasteiger partial charge < -0.3 is 14.6 Å². The van der Waals surface area contributed by atoms with Crippen LogP contribution in [-0.2, 0) is 6.54 Å². The third kappa shape index (κ3) is 3.49. The lowest BCUT2D eigenvalue weighted by Crippen LogP contribution is -3.12. The Morgan fingerprint density at radius 3 is 2.45 bits per heavy atom. The lowest BCUT2D eigenvalue weighted by molar-refractivity contribution is -0.891. The van der Waals surface area contributed by atoms with Gasteiger partial charge >= 0.3 is 0 Å². The van der Waals surface area contributed by atoms with Crippen LogP contribution in [0.25, 0.3) is 10.9 Å². The van der Waals surface area contributed by atoms with E-state index in [0.717, 1.165) is 13.1 Å². The standard InChI is InChI=1S/C19H26N2O/c1-5-11-20(12-6-2)13-17(22)14-21-16(4)15(3)18-9-7-8-10-19(18)21/h5-10,17,22H,1-2,11-14H2,3-4H3/p+1/t17-/m0/s1. The van der Waals surface area contributed by atoms with E-state index in [1.54, 1.807) is 0 Å². The minimum Gasteiger partial charge on any atom is -0.385 e. The third-order valence-electron chi connectivity index (χ3n) is 4.33. The van der Waals surface area contributed by atoms with E-state index < -0.39 is 0 Å². The summed E-state index contributed by atoms with van der Waals surface area (Å²) in [4.78, 5) is 1.28. The highest BCUT2D eigenvalue weighted by molar-refractivity contribution is 5.85. The topological polar surface area (TPSA) is 29.6 Å². The molecule has 2 rings (SSSR count). The summed E-state index contributed by atoms with van der Waals surface area (Å²) in [7, 11) is 0. The number of benzene rings is 1. The fourth-order valence-corrected chi connectivity index (χ4v) is 3.11. The predicted molar refractivity (Wildman–Crippen MR) is 93.4 cm³/mol. The number of aromatic nitrogens is 1. The molecule has 0 saturated heterocycles. The van der Waals surface area contributed by atoms with Gasteiger partial charge in [0.2, 0.25) is 0 Å². The van der Waals surface area contributed by atoms with Gasteiger partial charge in [0, 0.05) is 16.6 Å². The zero-order valence-electron chi connectivity index (χ0n) is 13.7. The number of nitrogens with one attached hydrogen (secondary N) is 1. The predicted octanol–water partition coefficient (Wildman–Crippen LogP) is 1.88. The monoisotopic (exact) mass is 299 g/mol. The maximum absolute atomic E-state index is 10.5. The second-order valence-electron chi connectivity index (χ2n) is 5.93. The Kier molecular flexibility index (Phi) is 5.58. The Morgan fingerprint density at radius 2 is 1.82 bits per heavy atom. The van der Waals surface area contributed by atoms with Crippen LogP contribution in [-0.4, -0.2) is 35.4 Å². The average molecular weight is 299 g/mol. The number of hydrogen-bond donors (Lipinski definition) is 2. The first-order valence-electron chi connectivity index (χ1n) is 7.86. The summed E-state index contributed by atoms with van der Waals surface area (Å²) in [5, 5.41) is 11.8. The van der Waals surface area contributed by atoms with Crippen LogP contribution in [0.4, 0.5) is 0 Å². The van der Waals surface area contributed by atoms with E-state index in [4.69, 9.17) is 0 Å². The number of nitrogens with zero attached hydrogens (tertiary/aromatic N) is 1. The molecule has 0 amide bonds. The van der Waals surface area contributed by atoms with Crippen LogP contribution in [0.5, 0.6) is 0 Å². The molecule has 0 aliphatic carbocycles. The summed E-state index contributed by atoms with van der Waals surface area (Å²) in [5.74, 6) is 0. The first-order chi connectivity index (χ1) is 10.6. The number of quaternary nitrogens is 1. The largest absolute Gasteiger partial charge is 0.385 e. The van der Waals surface area contributed by atoms with Gasteiger partial charge in [0.25, 0.3) is 0 Å². The van der Waals surface area contributed by atoms with Crippen molar-refractivity contribution in [1.29, 1.82) is 0 Å². The van der Waals surface area contributed by atoms with Gasteiger partial charge in [-0.2, -0.15) is 0 Å². The molecular formula is C19H27N2O+. The van der Waals surface area contributed by atoms with Crippen LogP contribution in [0.15, 0.2) is 49.6 Å². The first-order valence-corrected chi connectivity index (χ1v) is 7.86. The lowest BCUT2D eigenvalue weighted by atomic mass is 10.2. The fraction of sp³-hybridized carbons (Fsp3) is 0.368. The van der Waals surface area contributed by atoms with Crippen LogP contribution >= 0.6 is 0 Å². The van der Waals surface area contributed by atoms with Crippen molar-refractivity contribution in [1.82, 2.24) is 4.57 Å². The Balaban J connectivity index is 2.18. The Bertz CT molecular complexity index is 647. The normalized spacial score (nSPS) is 12.7. The fourth-order valence-electron chi connectivity index (χ4n) is 3.11. The Labute approximate surface area is 133 Å². The highest BCUT2D eigenvalue weighted by Crippen LogP contribution is 2.24. The van der Waals surface area contributed by atoms with Crippen molar-refractivity contribution >= 4 is 10.9 Å². The quantitative estimate of drug-likeness (QED) is 0.716. The maximum Gasteiger partial charge on any atom is 0.121 e. The van der Waals surface area contributed by atoms with Gasteiger partial charge in [-0.1, -0.05) is 31.4 Å². The second-order valence-corrected chi connectivity index (χ2v) is 5.93. The van der Waals surface area contributed by atoms with Crippen molar-refractivity contribution < 1.29 is 10.0 Å². The van der Waals surface area contributed by atoms with Gasteiger partial charge in [-0.15, -0.1) is 0 Å². The summed E-state index contributed by atoms with van der Waals surface area (Å²) in [6.45, 7) is 14.9. The molecule has 22 heavy (non-hydrogen) atoms. The summed E-state index contributed by atoms with van der Waals surface area (Å²) >= 11 is 0. The number of rotatable bonds is 8. The molecule has 2 N–H and O–H groups in total. The molecule has 0 bridgehead atoms. The van der Waals surface area contributed by atoms with E-state index in [0.29, 0.717) is 13.1 Å². The zero-order valence-corrected chi connectivity index (χ0v) is 13.7. The third-order valence-corrected chi connectivity index (χ3v) is 4.33. The molecule has 3 nitrogen and oxygen atoms in total. The van der Waals surface area contributed by atoms with Crippen molar-refractivity contribution in [2.45, 2.75) is 26.5 Å². The van der Waals surface area contributed by atoms with E-state index in [1.165, 1.54) is 27.1 Å². The molecule has 1 atom stereocenters. The van der Waals surface area contributed by atoms with Crippen molar-refractivity contribution in [3.05, 3.63) is 60.8 Å². The number of hydrogen-bond acceptors (Lipinski definition) is 1. The molecule has 0 aliphatic heterocycles. The maximum atomic E-state index is 10.5. The van der Waals surface area contributed by atoms with Gasteiger partial charge in [-0.25, -0.2) is 0 Å². The molecule has 3 heteroatoms. The van der Waals surface area contributed by atoms with Crippen LogP contribution in [0.3, 0.4) is 0 Å². The molecule has 0 aliphatic rings. The molecule has 0 radical (unpaired) electrons. The highest BCUT2D eigenvalue weighted by Gasteiger charge is 2.17. The van der Waals surface area contributed by atoms with Crippen LogP contribution in [0.2, 0.25) is 0 Å². The molecular weight excluding hydrogens is 272 g/mol. The first kappa shape index (κ1) is 16.5. The van der Waals surface area contributed by atoms with Gasteiger partial charge in [-0.3, -0.25) is 0 Å². The molecule has 1 aromatic carbocycles. The van der Waals surface area contributed by atoms with Crippen LogP contribution in [0, 0.1) is 13.8 Å². The highest BCUT2D eigenvalue weighted by atomic mass is 16.3. The Morgan fingerprint density at radius 1 is 1.18 bits per heavy atom. The summed E-state index contributed by atoms with van der Waals surface area (Å²) in [6.07, 6.45) is 3.40. The van der Waals surface area contributed by atoms with E-state index in [-0.39, 0.29) is 6.10 Å². The molecule has 1 heterocycles. The van der Waals surface area contributed by atoms with E-state index >= 15 is 0 Å². The van der Waals surface area contributed by atoms with Crippen molar-refractivity contribution in [2.75, 3.05) is 19.6 Å². The number of aliphatic hydroxyl groups excluding tert-OH is 1. The number of fused-ring (bicyclic) bond motifs is 1. The van der Waals surface area contributed by atoms with Crippen molar-refractivity contribution in [3.8, 4) is 0 Å². The summed E-state index contributed by atoms with van der Waals surface area (Å²) in [5.41, 5.74) is 3.73. The number of para-hydroxylation sites is 1. The van der Waals surface area contributed by atoms with Gasteiger partial charge in [0.15, 0.2) is 0 Å². The van der Waals surface area contributed by atoms with E-state index in [2.05, 4.69) is 55.8 Å². The van der Waals surface area contributed by atoms with Gasteiger partial charge in [0.1, 0.15) is 12.6 Å². The number of aliphatic hydroxyl groups is 1. The minimum atomic E-state index is -0.385. The summed E-state index contributed by atoms with van der Waals surface area (Å²) < 4.78 is 2.23. The molecule has 0 saturated carbocycles. The van der Waals surface area contributed by atoms with Crippen LogP contribution in [0.1, 0.15) is 11.3 Å². The smallest absolute Gasteiger partial charge is 0.121 e. The molecule has 2 aromatic rings. The minimum absolute atomic E-state index is 0.385. The molecule has 0 fully saturated rings. The zero-order chi connectivity index (χ0) is 16.1. The van der Waals surface area contributed by atoms with Crippen LogP contribution < -0.4 is 4.90 Å². The molecule has 0 unspecified atom stereocenters. The van der Waals surface area contributed by atoms with Crippen molar-refractivity contribution in [3.63, 3.8) is 0 Å². The van der Waals surface area contributed by atoms with Gasteiger partial charge in [0.05, 0.1) is 19.6 Å². The lowest BCUT2D eigenvalue weighted by Gasteiger charge is -2.21. The van der Waals surface area contributed by atoms with E-state index in [1.807, 2.05) is 12.2 Å². The van der Waals surface area contributed by atoms with Gasteiger partial charge in [-0.05, 0) is 37.6 Å². The molecule has 1 aromatic heterocycles. The van der Waals surface area contributed by atoms with Crippen molar-refractivity contribution in [2.24, 2.45) is 0 Å². The number of aryl methyl sites for hydroxylation is 1. The summed E-state index contributed by atoms with van der Waals surface area (Å²) in [6, 6.07) is 8.39. The average Bonchev–Trinajstić information content (AvgIpc) is 2.73. The molecule has 0 spiro atoms. The Hall–Kier alpha value is -1.84. The van der Waals surface area contributed by atoms with E-state index in [9.17, 15) is 5.11 Å². The second kappa shape index (κ2) is 7.43.